The van der Waals surface area contributed by atoms with E-state index in [0.717, 1.165) is 55.3 Å². The Bertz CT molecular complexity index is 1500. The summed E-state index contributed by atoms with van der Waals surface area (Å²) >= 11 is 0. The molecule has 11 heteroatoms. The van der Waals surface area contributed by atoms with Crippen molar-refractivity contribution in [2.24, 2.45) is 0 Å². The van der Waals surface area contributed by atoms with E-state index in [4.69, 9.17) is 4.98 Å². The Morgan fingerprint density at radius 3 is 2.46 bits per heavy atom. The molecule has 0 aliphatic carbocycles. The van der Waals surface area contributed by atoms with Gasteiger partial charge in [-0.3, -0.25) is 9.78 Å². The molecule has 2 aromatic carbocycles. The van der Waals surface area contributed by atoms with E-state index < -0.39 is 17.6 Å². The van der Waals surface area contributed by atoms with Crippen molar-refractivity contribution >= 4 is 23.2 Å². The van der Waals surface area contributed by atoms with E-state index in [2.05, 4.69) is 37.4 Å². The quantitative estimate of drug-likeness (QED) is 0.298. The molecule has 5 rings (SSSR count). The van der Waals surface area contributed by atoms with Crippen LogP contribution in [0.15, 0.2) is 79.3 Å². The zero-order valence-electron chi connectivity index (χ0n) is 22.7. The number of pyridine rings is 1. The lowest BCUT2D eigenvalue weighted by atomic mass is 10.1. The topological polar surface area (TPSA) is 86.3 Å². The summed E-state index contributed by atoms with van der Waals surface area (Å²) in [6.07, 6.45) is 0.598. The zero-order valence-corrected chi connectivity index (χ0v) is 22.7. The van der Waals surface area contributed by atoms with E-state index in [0.29, 0.717) is 17.2 Å². The van der Waals surface area contributed by atoms with Crippen LogP contribution < -0.4 is 15.5 Å². The second-order valence-corrected chi connectivity index (χ2v) is 10.0. The molecule has 2 aromatic heterocycles. The van der Waals surface area contributed by atoms with Crippen molar-refractivity contribution in [2.45, 2.75) is 19.1 Å². The molecule has 1 amide bonds. The first-order valence-electron chi connectivity index (χ1n) is 13.2. The number of carbonyl (C=O) groups excluding carboxylic acids is 1. The van der Waals surface area contributed by atoms with Gasteiger partial charge in [-0.1, -0.05) is 18.2 Å². The highest BCUT2D eigenvalue weighted by molar-refractivity contribution is 6.04. The molecule has 0 radical (unpaired) electrons. The maximum atomic E-state index is 13.0. The number of rotatable bonds is 7. The summed E-state index contributed by atoms with van der Waals surface area (Å²) in [7, 11) is 2.12. The maximum absolute atomic E-state index is 13.0. The molecule has 1 aliphatic rings. The highest BCUT2D eigenvalue weighted by Gasteiger charge is 2.31. The molecule has 0 saturated carbocycles. The minimum atomic E-state index is -4.53. The first-order chi connectivity index (χ1) is 19.7. The average molecular weight is 562 g/mol. The largest absolute Gasteiger partial charge is 0.416 e. The molecule has 1 atom stereocenters. The molecule has 1 aliphatic heterocycles. The van der Waals surface area contributed by atoms with Crippen molar-refractivity contribution in [1.29, 1.82) is 0 Å². The Hall–Kier alpha value is -4.51. The van der Waals surface area contributed by atoms with E-state index in [1.54, 1.807) is 36.8 Å². The molecule has 2 N–H and O–H groups in total. The first-order valence-corrected chi connectivity index (χ1v) is 13.2. The van der Waals surface area contributed by atoms with Gasteiger partial charge in [0.15, 0.2) is 0 Å². The van der Waals surface area contributed by atoms with Crippen LogP contribution in [0.1, 0.15) is 34.5 Å². The summed E-state index contributed by atoms with van der Waals surface area (Å²) in [5.74, 6) is 0.883. The predicted octanol–water partition coefficient (Wildman–Crippen LogP) is 5.73. The van der Waals surface area contributed by atoms with Gasteiger partial charge in [0.05, 0.1) is 29.7 Å². The SMILES string of the molecule is C[C@H](Nc1cncc(-c2ccc(N3CCN(C)CC3)nc2)n1)c1cccc(NC(=O)c2cccc(C(F)(F)F)c2)c1. The molecule has 0 unspecified atom stereocenters. The van der Waals surface area contributed by atoms with Gasteiger partial charge in [-0.15, -0.1) is 0 Å². The van der Waals surface area contributed by atoms with Crippen molar-refractivity contribution in [3.05, 3.63) is 95.9 Å². The third-order valence-electron chi connectivity index (χ3n) is 6.97. The lowest BCUT2D eigenvalue weighted by Gasteiger charge is -2.33. The Morgan fingerprint density at radius 1 is 0.951 bits per heavy atom. The summed E-state index contributed by atoms with van der Waals surface area (Å²) < 4.78 is 39.1. The van der Waals surface area contributed by atoms with Crippen LogP contribution in [0.5, 0.6) is 0 Å². The van der Waals surface area contributed by atoms with E-state index in [9.17, 15) is 18.0 Å². The number of nitrogens with one attached hydrogen (secondary N) is 2. The fraction of sp³-hybridized carbons (Fsp3) is 0.267. The molecule has 0 spiro atoms. The number of amides is 1. The number of alkyl halides is 3. The van der Waals surface area contributed by atoms with Gasteiger partial charge in [0.25, 0.3) is 5.91 Å². The molecule has 1 saturated heterocycles. The highest BCUT2D eigenvalue weighted by Crippen LogP contribution is 2.30. The van der Waals surface area contributed by atoms with Crippen molar-refractivity contribution in [3.8, 4) is 11.3 Å². The standard InChI is InChI=1S/C30H30F3N7O/c1-20(21-5-4-8-25(16-21)37-29(41)22-6-3-7-24(15-22)30(31,32)33)36-27-19-34-18-26(38-27)23-9-10-28(35-17-23)40-13-11-39(2)12-14-40/h3-10,15-20H,11-14H2,1-2H3,(H,36,38)(H,37,41)/t20-/m0/s1. The van der Waals surface area contributed by atoms with Crippen LogP contribution in [0.25, 0.3) is 11.3 Å². The van der Waals surface area contributed by atoms with E-state index in [1.165, 1.54) is 12.1 Å². The Kier molecular flexibility index (Phi) is 8.16. The van der Waals surface area contributed by atoms with Crippen LogP contribution in [-0.2, 0) is 6.18 Å². The number of halogens is 3. The van der Waals surface area contributed by atoms with Crippen molar-refractivity contribution in [2.75, 3.05) is 48.8 Å². The molecule has 3 heterocycles. The number of nitrogens with zero attached hydrogens (tertiary/aromatic N) is 5. The number of carbonyl (C=O) groups is 1. The highest BCUT2D eigenvalue weighted by atomic mass is 19.4. The second-order valence-electron chi connectivity index (χ2n) is 10.0. The summed E-state index contributed by atoms with van der Waals surface area (Å²) in [6, 6.07) is 15.2. The normalized spacial score (nSPS) is 14.9. The van der Waals surface area contributed by atoms with E-state index in [1.807, 2.05) is 25.1 Å². The van der Waals surface area contributed by atoms with Crippen molar-refractivity contribution in [3.63, 3.8) is 0 Å². The number of hydrogen-bond acceptors (Lipinski definition) is 7. The van der Waals surface area contributed by atoms with Gasteiger partial charge in [0.1, 0.15) is 11.6 Å². The van der Waals surface area contributed by atoms with Gasteiger partial charge >= 0.3 is 6.18 Å². The minimum Gasteiger partial charge on any atom is -0.362 e. The van der Waals surface area contributed by atoms with Crippen LogP contribution in [0.4, 0.5) is 30.5 Å². The number of piperazine rings is 1. The Labute approximate surface area is 236 Å². The lowest BCUT2D eigenvalue weighted by Crippen LogP contribution is -2.44. The summed E-state index contributed by atoms with van der Waals surface area (Å²) in [5.41, 5.74) is 1.89. The lowest BCUT2D eigenvalue weighted by molar-refractivity contribution is -0.137. The number of benzene rings is 2. The van der Waals surface area contributed by atoms with Crippen LogP contribution in [-0.4, -0.2) is 59.0 Å². The van der Waals surface area contributed by atoms with Gasteiger partial charge in [-0.2, -0.15) is 13.2 Å². The van der Waals surface area contributed by atoms with Gasteiger partial charge in [-0.25, -0.2) is 9.97 Å². The van der Waals surface area contributed by atoms with Gasteiger partial charge < -0.3 is 20.4 Å². The summed E-state index contributed by atoms with van der Waals surface area (Å²) in [4.78, 5) is 30.9. The summed E-state index contributed by atoms with van der Waals surface area (Å²) in [6.45, 7) is 5.83. The second kappa shape index (κ2) is 11.9. The van der Waals surface area contributed by atoms with Crippen LogP contribution in [0, 0.1) is 0 Å². The monoisotopic (exact) mass is 561 g/mol. The zero-order chi connectivity index (χ0) is 29.0. The summed E-state index contributed by atoms with van der Waals surface area (Å²) in [5, 5.41) is 6.01. The predicted molar refractivity (Wildman–Crippen MR) is 153 cm³/mol. The Morgan fingerprint density at radius 2 is 1.73 bits per heavy atom. The molecule has 4 aromatic rings. The van der Waals surface area contributed by atoms with Gasteiger partial charge in [0.2, 0.25) is 0 Å². The molecule has 212 valence electrons. The van der Waals surface area contributed by atoms with Crippen molar-refractivity contribution in [1.82, 2.24) is 19.9 Å². The van der Waals surface area contributed by atoms with Crippen LogP contribution in [0.3, 0.4) is 0 Å². The van der Waals surface area contributed by atoms with Crippen molar-refractivity contribution < 1.29 is 18.0 Å². The third-order valence-corrected chi connectivity index (χ3v) is 6.97. The maximum Gasteiger partial charge on any atom is 0.416 e. The minimum absolute atomic E-state index is 0.0745. The Balaban J connectivity index is 1.24. The molecule has 1 fully saturated rings. The van der Waals surface area contributed by atoms with E-state index in [-0.39, 0.29) is 11.6 Å². The van der Waals surface area contributed by atoms with Gasteiger partial charge in [-0.05, 0) is 62.0 Å². The molecule has 8 nitrogen and oxygen atoms in total. The third kappa shape index (κ3) is 6.98. The number of aromatic nitrogens is 3. The number of anilines is 3. The number of likely N-dealkylation sites (N-methyl/N-ethyl adjacent to an activating group) is 1. The molecular weight excluding hydrogens is 531 g/mol. The molecule has 0 bridgehead atoms. The molecule has 41 heavy (non-hydrogen) atoms. The average Bonchev–Trinajstić information content (AvgIpc) is 2.97. The molecular formula is C30H30F3N7O. The fourth-order valence-corrected chi connectivity index (χ4v) is 4.57. The number of hydrogen-bond donors (Lipinski definition) is 2. The first kappa shape index (κ1) is 28.0. The smallest absolute Gasteiger partial charge is 0.362 e. The van der Waals surface area contributed by atoms with Gasteiger partial charge in [0, 0.05) is 49.2 Å². The fourth-order valence-electron chi connectivity index (χ4n) is 4.57. The van der Waals surface area contributed by atoms with Crippen LogP contribution >= 0.6 is 0 Å². The van der Waals surface area contributed by atoms with E-state index >= 15 is 0 Å². The van der Waals surface area contributed by atoms with Crippen LogP contribution in [0.2, 0.25) is 0 Å².